The number of aromatic nitrogens is 2. The van der Waals surface area contributed by atoms with Crippen LogP contribution < -0.4 is 15.5 Å². The van der Waals surface area contributed by atoms with Crippen molar-refractivity contribution in [3.05, 3.63) is 132 Å². The Hall–Kier alpha value is -4.71. The Balaban J connectivity index is 1.17. The van der Waals surface area contributed by atoms with E-state index in [9.17, 15) is 4.79 Å². The lowest BCUT2D eigenvalue weighted by atomic mass is 9.68. The van der Waals surface area contributed by atoms with E-state index in [1.54, 1.807) is 0 Å². The number of nitrogens with one attached hydrogen (secondary N) is 2. The molecule has 6 nitrogen and oxygen atoms in total. The number of benzene rings is 4. The van der Waals surface area contributed by atoms with Gasteiger partial charge in [0.1, 0.15) is 11.2 Å². The standard InChI is InChI=1S/C37H39N5O/c1-42(2)34-32-20-12-13-21-33(32)40-36(41-34)39-31-24-22-27(23-25-31)26-38-35(43)37(28-14-6-3-7-15-28,29-16-8-4-9-17-29)30-18-10-5-11-19-30/h3-21,27,31H,22-26H2,1-2H3,(H,38,43)(H,39,40,41)/t27-,31+. The number of carbonyl (C=O) groups excluding carboxylic acids is 1. The summed E-state index contributed by atoms with van der Waals surface area (Å²) in [5.41, 5.74) is 2.89. The van der Waals surface area contributed by atoms with Crippen LogP contribution in [0.4, 0.5) is 11.8 Å². The molecule has 2 N–H and O–H groups in total. The highest BCUT2D eigenvalue weighted by Gasteiger charge is 2.43. The van der Waals surface area contributed by atoms with Crippen LogP contribution in [0.5, 0.6) is 0 Å². The third-order valence-corrected chi connectivity index (χ3v) is 8.70. The lowest BCUT2D eigenvalue weighted by Gasteiger charge is -2.36. The lowest BCUT2D eigenvalue weighted by molar-refractivity contribution is -0.124. The fourth-order valence-corrected chi connectivity index (χ4v) is 6.49. The third-order valence-electron chi connectivity index (χ3n) is 8.70. The van der Waals surface area contributed by atoms with Crippen LogP contribution in [0.2, 0.25) is 0 Å². The molecule has 6 rings (SSSR count). The van der Waals surface area contributed by atoms with E-state index in [-0.39, 0.29) is 5.91 Å². The minimum Gasteiger partial charge on any atom is -0.362 e. The molecule has 1 amide bonds. The van der Waals surface area contributed by atoms with Crippen molar-refractivity contribution < 1.29 is 4.79 Å². The zero-order chi connectivity index (χ0) is 29.6. The van der Waals surface area contributed by atoms with Crippen LogP contribution in [-0.4, -0.2) is 42.6 Å². The van der Waals surface area contributed by atoms with Crippen LogP contribution in [0.3, 0.4) is 0 Å². The summed E-state index contributed by atoms with van der Waals surface area (Å²) in [6.07, 6.45) is 4.08. The van der Waals surface area contributed by atoms with Gasteiger partial charge in [-0.3, -0.25) is 4.79 Å². The largest absolute Gasteiger partial charge is 0.362 e. The number of carbonyl (C=O) groups is 1. The van der Waals surface area contributed by atoms with E-state index in [0.717, 1.165) is 59.1 Å². The number of nitrogens with zero attached hydrogens (tertiary/aromatic N) is 3. The van der Waals surface area contributed by atoms with Gasteiger partial charge in [0.15, 0.2) is 0 Å². The molecule has 1 aliphatic rings. The second-order valence-corrected chi connectivity index (χ2v) is 11.7. The van der Waals surface area contributed by atoms with Crippen LogP contribution in [0, 0.1) is 5.92 Å². The summed E-state index contributed by atoms with van der Waals surface area (Å²) in [6, 6.07) is 38.9. The van der Waals surface area contributed by atoms with Crippen molar-refractivity contribution in [3.8, 4) is 0 Å². The van der Waals surface area contributed by atoms with Crippen molar-refractivity contribution >= 4 is 28.6 Å². The molecule has 218 valence electrons. The second-order valence-electron chi connectivity index (χ2n) is 11.7. The highest BCUT2D eigenvalue weighted by Crippen LogP contribution is 2.40. The molecule has 1 aromatic heterocycles. The summed E-state index contributed by atoms with van der Waals surface area (Å²) in [6.45, 7) is 0.650. The van der Waals surface area contributed by atoms with Gasteiger partial charge in [-0.15, -0.1) is 0 Å². The van der Waals surface area contributed by atoms with E-state index >= 15 is 0 Å². The van der Waals surface area contributed by atoms with Gasteiger partial charge in [0.2, 0.25) is 11.9 Å². The SMILES string of the molecule is CN(C)c1nc(N[C@H]2CC[C@@H](CNC(=O)C(c3ccccc3)(c3ccccc3)c3ccccc3)CC2)nc2ccccc12. The van der Waals surface area contributed by atoms with Gasteiger partial charge in [-0.25, -0.2) is 4.98 Å². The third kappa shape index (κ3) is 5.82. The molecule has 0 radical (unpaired) electrons. The highest BCUT2D eigenvalue weighted by atomic mass is 16.2. The van der Waals surface area contributed by atoms with E-state index in [2.05, 4.69) is 53.1 Å². The molecular formula is C37H39N5O. The molecule has 0 spiro atoms. The molecule has 1 saturated carbocycles. The molecule has 0 bridgehead atoms. The molecule has 5 aromatic rings. The second kappa shape index (κ2) is 12.7. The number of hydrogen-bond donors (Lipinski definition) is 2. The zero-order valence-electron chi connectivity index (χ0n) is 24.9. The minimum atomic E-state index is -0.944. The lowest BCUT2D eigenvalue weighted by Crippen LogP contribution is -2.48. The Labute approximate surface area is 254 Å². The van der Waals surface area contributed by atoms with Crippen molar-refractivity contribution in [2.24, 2.45) is 5.92 Å². The molecular weight excluding hydrogens is 530 g/mol. The first-order valence-corrected chi connectivity index (χ1v) is 15.2. The number of rotatable bonds is 9. The van der Waals surface area contributed by atoms with Crippen LogP contribution >= 0.6 is 0 Å². The number of amides is 1. The first-order chi connectivity index (χ1) is 21.1. The first-order valence-electron chi connectivity index (χ1n) is 15.2. The molecule has 0 atom stereocenters. The average Bonchev–Trinajstić information content (AvgIpc) is 3.06. The van der Waals surface area contributed by atoms with Gasteiger partial charge in [0, 0.05) is 32.1 Å². The predicted octanol–water partition coefficient (Wildman–Crippen LogP) is 6.82. The molecule has 0 saturated heterocycles. The van der Waals surface area contributed by atoms with E-state index in [0.29, 0.717) is 24.5 Å². The number of anilines is 2. The monoisotopic (exact) mass is 569 g/mol. The maximum absolute atomic E-state index is 14.5. The van der Waals surface area contributed by atoms with E-state index in [4.69, 9.17) is 9.97 Å². The van der Waals surface area contributed by atoms with Gasteiger partial charge < -0.3 is 15.5 Å². The molecule has 1 heterocycles. The van der Waals surface area contributed by atoms with Gasteiger partial charge in [0.05, 0.1) is 5.52 Å². The van der Waals surface area contributed by atoms with Crippen LogP contribution in [-0.2, 0) is 10.2 Å². The smallest absolute Gasteiger partial charge is 0.239 e. The topological polar surface area (TPSA) is 70.2 Å². The summed E-state index contributed by atoms with van der Waals surface area (Å²) in [7, 11) is 4.03. The zero-order valence-corrected chi connectivity index (χ0v) is 24.9. The minimum absolute atomic E-state index is 0.0112. The number of fused-ring (bicyclic) bond motifs is 1. The summed E-state index contributed by atoms with van der Waals surface area (Å²) in [5, 5.41) is 8.06. The maximum atomic E-state index is 14.5. The predicted molar refractivity (Wildman–Crippen MR) is 175 cm³/mol. The summed E-state index contributed by atoms with van der Waals surface area (Å²) in [4.78, 5) is 26.1. The first kappa shape index (κ1) is 28.4. The molecule has 0 aliphatic heterocycles. The Kier molecular flexibility index (Phi) is 8.36. The summed E-state index contributed by atoms with van der Waals surface area (Å²) >= 11 is 0. The van der Waals surface area contributed by atoms with E-state index in [1.807, 2.05) is 91.8 Å². The van der Waals surface area contributed by atoms with Crippen LogP contribution in [0.1, 0.15) is 42.4 Å². The number of para-hydroxylation sites is 1. The van der Waals surface area contributed by atoms with Crippen LogP contribution in [0.25, 0.3) is 10.9 Å². The van der Waals surface area contributed by atoms with Gasteiger partial charge in [-0.05, 0) is 60.4 Å². The quantitative estimate of drug-likeness (QED) is 0.191. The van der Waals surface area contributed by atoms with Crippen LogP contribution in [0.15, 0.2) is 115 Å². The van der Waals surface area contributed by atoms with Gasteiger partial charge in [0.25, 0.3) is 0 Å². The van der Waals surface area contributed by atoms with Gasteiger partial charge >= 0.3 is 0 Å². The normalized spacial score (nSPS) is 16.9. The summed E-state index contributed by atoms with van der Waals surface area (Å²) < 4.78 is 0. The summed E-state index contributed by atoms with van der Waals surface area (Å²) in [5.74, 6) is 2.02. The van der Waals surface area contributed by atoms with Crippen molar-refractivity contribution in [1.82, 2.24) is 15.3 Å². The average molecular weight is 570 g/mol. The van der Waals surface area contributed by atoms with Crippen molar-refractivity contribution in [2.45, 2.75) is 37.1 Å². The van der Waals surface area contributed by atoms with E-state index in [1.165, 1.54) is 0 Å². The van der Waals surface area contributed by atoms with E-state index < -0.39 is 5.41 Å². The Morgan fingerprint density at radius 2 is 1.23 bits per heavy atom. The van der Waals surface area contributed by atoms with Gasteiger partial charge in [-0.1, -0.05) is 103 Å². The van der Waals surface area contributed by atoms with Crippen molar-refractivity contribution in [2.75, 3.05) is 30.9 Å². The molecule has 4 aromatic carbocycles. The molecule has 1 fully saturated rings. The molecule has 6 heteroatoms. The fraction of sp³-hybridized carbons (Fsp3) is 0.270. The highest BCUT2D eigenvalue weighted by molar-refractivity contribution is 5.96. The Bertz CT molecular complexity index is 1550. The molecule has 43 heavy (non-hydrogen) atoms. The Morgan fingerprint density at radius 1 is 0.721 bits per heavy atom. The maximum Gasteiger partial charge on any atom is 0.239 e. The fourth-order valence-electron chi connectivity index (χ4n) is 6.49. The Morgan fingerprint density at radius 3 is 1.77 bits per heavy atom. The van der Waals surface area contributed by atoms with Gasteiger partial charge in [-0.2, -0.15) is 4.98 Å². The number of hydrogen-bond acceptors (Lipinski definition) is 5. The molecule has 0 unspecified atom stereocenters. The van der Waals surface area contributed by atoms with Crippen molar-refractivity contribution in [1.29, 1.82) is 0 Å². The molecule has 1 aliphatic carbocycles. The van der Waals surface area contributed by atoms with Crippen molar-refractivity contribution in [3.63, 3.8) is 0 Å².